The minimum absolute atomic E-state index is 0.263. The van der Waals surface area contributed by atoms with Crippen LogP contribution in [0.5, 0.6) is 0 Å². The number of halogens is 3. The van der Waals surface area contributed by atoms with Crippen LogP contribution in [0.4, 0.5) is 5.82 Å². The molecule has 0 saturated heterocycles. The lowest BCUT2D eigenvalue weighted by Gasteiger charge is -2.11. The smallest absolute Gasteiger partial charge is 0.277 e. The van der Waals surface area contributed by atoms with Crippen molar-refractivity contribution in [3.8, 4) is 0 Å². The number of nitrogens with zero attached hydrogens (tertiary/aromatic N) is 2. The second-order valence-electron chi connectivity index (χ2n) is 4.85. The van der Waals surface area contributed by atoms with Gasteiger partial charge in [0.05, 0.1) is 16.8 Å². The molecule has 9 heteroatoms. The number of rotatable bonds is 4. The van der Waals surface area contributed by atoms with E-state index in [1.807, 2.05) is 31.2 Å². The quantitative estimate of drug-likeness (QED) is 0.641. The zero-order valence-electron chi connectivity index (χ0n) is 12.5. The van der Waals surface area contributed by atoms with Crippen LogP contribution in [0.15, 0.2) is 24.3 Å². The third-order valence-electron chi connectivity index (χ3n) is 3.20. The summed E-state index contributed by atoms with van der Waals surface area (Å²) in [6.45, 7) is 2.89. The van der Waals surface area contributed by atoms with Crippen LogP contribution in [-0.4, -0.2) is 26.3 Å². The summed E-state index contributed by atoms with van der Waals surface area (Å²) in [6.07, 6.45) is 0. The van der Waals surface area contributed by atoms with Crippen molar-refractivity contribution in [1.82, 2.24) is 9.97 Å². The normalized spacial score (nSPS) is 12.0. The van der Waals surface area contributed by atoms with Gasteiger partial charge in [0.25, 0.3) is 9.70 Å². The van der Waals surface area contributed by atoms with E-state index in [4.69, 9.17) is 39.5 Å². The number of carbonyl (C=O) groups is 1. The average Bonchev–Trinajstić information content (AvgIpc) is 2.96. The largest absolute Gasteiger partial charge is 0.375 e. The molecule has 0 atom stereocenters. The Hall–Kier alpha value is -1.18. The summed E-state index contributed by atoms with van der Waals surface area (Å²) in [5.41, 5.74) is 1.27. The molecular formula is C15H12Cl3N3O2S. The maximum atomic E-state index is 12.0. The summed E-state index contributed by atoms with van der Waals surface area (Å²) in [5, 5.41) is 4.27. The number of nitrogens with one attached hydrogen (secondary N) is 1. The lowest BCUT2D eigenvalue weighted by molar-refractivity contribution is -0.115. The molecule has 1 amide bonds. The Morgan fingerprint density at radius 1 is 1.29 bits per heavy atom. The standard InChI is InChI=1S/C15H12Cl3N3O2S/c1-2-23-7-10-20-11-12(24-10)8-5-3-4-6-9(8)19-13(11)21-14(22)15(16,17)18/h3-6H,2,7H2,1H3,(H,19,21,22). The van der Waals surface area contributed by atoms with E-state index >= 15 is 0 Å². The highest BCUT2D eigenvalue weighted by molar-refractivity contribution is 7.19. The van der Waals surface area contributed by atoms with Crippen molar-refractivity contribution in [3.63, 3.8) is 0 Å². The van der Waals surface area contributed by atoms with Gasteiger partial charge in [-0.2, -0.15) is 0 Å². The molecule has 0 spiro atoms. The van der Waals surface area contributed by atoms with Crippen molar-refractivity contribution in [3.05, 3.63) is 29.3 Å². The Labute approximate surface area is 156 Å². The van der Waals surface area contributed by atoms with Gasteiger partial charge in [0.1, 0.15) is 10.5 Å². The topological polar surface area (TPSA) is 64.1 Å². The Morgan fingerprint density at radius 2 is 2.04 bits per heavy atom. The second kappa shape index (κ2) is 6.98. The molecule has 0 saturated carbocycles. The molecule has 0 radical (unpaired) electrons. The van der Waals surface area contributed by atoms with Gasteiger partial charge in [-0.3, -0.25) is 4.79 Å². The number of amides is 1. The molecule has 3 rings (SSSR count). The van der Waals surface area contributed by atoms with Gasteiger partial charge in [-0.1, -0.05) is 53.0 Å². The summed E-state index contributed by atoms with van der Waals surface area (Å²) in [5.74, 6) is -0.519. The van der Waals surface area contributed by atoms with E-state index in [1.165, 1.54) is 11.3 Å². The van der Waals surface area contributed by atoms with Crippen molar-refractivity contribution < 1.29 is 9.53 Å². The van der Waals surface area contributed by atoms with E-state index in [2.05, 4.69) is 15.3 Å². The number of ether oxygens (including phenoxy) is 1. The van der Waals surface area contributed by atoms with E-state index in [-0.39, 0.29) is 5.82 Å². The van der Waals surface area contributed by atoms with Crippen LogP contribution in [-0.2, 0) is 16.1 Å². The van der Waals surface area contributed by atoms with Crippen LogP contribution in [0.1, 0.15) is 11.9 Å². The minimum Gasteiger partial charge on any atom is -0.375 e. The molecule has 126 valence electrons. The van der Waals surface area contributed by atoms with Crippen LogP contribution in [0, 0.1) is 0 Å². The van der Waals surface area contributed by atoms with Gasteiger partial charge in [0, 0.05) is 12.0 Å². The lowest BCUT2D eigenvalue weighted by atomic mass is 10.2. The number of aromatic nitrogens is 2. The Kier molecular flexibility index (Phi) is 5.13. The predicted molar refractivity (Wildman–Crippen MR) is 99.2 cm³/mol. The number of hydrogen-bond donors (Lipinski definition) is 1. The monoisotopic (exact) mass is 403 g/mol. The highest BCUT2D eigenvalue weighted by Crippen LogP contribution is 2.35. The van der Waals surface area contributed by atoms with Gasteiger partial charge >= 0.3 is 0 Å². The zero-order valence-corrected chi connectivity index (χ0v) is 15.6. The molecule has 0 fully saturated rings. The van der Waals surface area contributed by atoms with Crippen molar-refractivity contribution in [1.29, 1.82) is 0 Å². The van der Waals surface area contributed by atoms with E-state index < -0.39 is 9.70 Å². The minimum atomic E-state index is -2.08. The Morgan fingerprint density at radius 3 is 2.75 bits per heavy atom. The molecule has 0 aliphatic heterocycles. The van der Waals surface area contributed by atoms with Crippen LogP contribution in [0.2, 0.25) is 0 Å². The summed E-state index contributed by atoms with van der Waals surface area (Å²) in [6, 6.07) is 7.59. The maximum absolute atomic E-state index is 12.0. The van der Waals surface area contributed by atoms with E-state index in [0.29, 0.717) is 18.7 Å². The van der Waals surface area contributed by atoms with Gasteiger partial charge in [0.15, 0.2) is 5.82 Å². The molecule has 0 aliphatic carbocycles. The molecule has 1 aromatic carbocycles. The van der Waals surface area contributed by atoms with Crippen molar-refractivity contribution >= 4 is 79.0 Å². The number of carbonyl (C=O) groups excluding carboxylic acids is 1. The summed E-state index contributed by atoms with van der Waals surface area (Å²) >= 11 is 18.4. The third kappa shape index (κ3) is 3.58. The predicted octanol–water partition coefficient (Wildman–Crippen LogP) is 4.69. The second-order valence-corrected chi connectivity index (χ2v) is 8.22. The fraction of sp³-hybridized carbons (Fsp3) is 0.267. The van der Waals surface area contributed by atoms with Crippen LogP contribution >= 0.6 is 46.1 Å². The first-order valence-corrected chi connectivity index (χ1v) is 8.99. The van der Waals surface area contributed by atoms with Crippen LogP contribution in [0.25, 0.3) is 21.1 Å². The highest BCUT2D eigenvalue weighted by atomic mass is 35.6. The fourth-order valence-electron chi connectivity index (χ4n) is 2.16. The Bertz CT molecular complexity index is 908. The molecule has 0 bridgehead atoms. The van der Waals surface area contributed by atoms with Crippen LogP contribution < -0.4 is 5.32 Å². The van der Waals surface area contributed by atoms with Gasteiger partial charge in [0.2, 0.25) is 0 Å². The lowest BCUT2D eigenvalue weighted by Crippen LogP contribution is -2.27. The number of benzene rings is 1. The van der Waals surface area contributed by atoms with Crippen molar-refractivity contribution in [2.75, 3.05) is 11.9 Å². The number of thiazole rings is 1. The first kappa shape index (κ1) is 17.6. The van der Waals surface area contributed by atoms with E-state index in [1.54, 1.807) is 0 Å². The molecule has 2 aromatic heterocycles. The zero-order chi connectivity index (χ0) is 17.3. The SMILES string of the molecule is CCOCc1nc2c(NC(=O)C(Cl)(Cl)Cl)nc3ccccc3c2s1. The summed E-state index contributed by atoms with van der Waals surface area (Å²) in [7, 11) is 0. The molecular weight excluding hydrogens is 393 g/mol. The molecule has 3 aromatic rings. The van der Waals surface area contributed by atoms with Crippen LogP contribution in [0.3, 0.4) is 0 Å². The highest BCUT2D eigenvalue weighted by Gasteiger charge is 2.31. The van der Waals surface area contributed by atoms with Gasteiger partial charge in [-0.05, 0) is 13.0 Å². The first-order valence-electron chi connectivity index (χ1n) is 7.04. The number of pyridine rings is 1. The number of alkyl halides is 3. The molecule has 2 heterocycles. The van der Waals surface area contributed by atoms with Gasteiger partial charge in [-0.15, -0.1) is 11.3 Å². The first-order chi connectivity index (χ1) is 11.4. The van der Waals surface area contributed by atoms with E-state index in [9.17, 15) is 4.79 Å². The molecule has 24 heavy (non-hydrogen) atoms. The molecule has 0 unspecified atom stereocenters. The number of para-hydroxylation sites is 1. The molecule has 1 N–H and O–H groups in total. The van der Waals surface area contributed by atoms with Crippen molar-refractivity contribution in [2.24, 2.45) is 0 Å². The number of anilines is 1. The molecule has 0 aliphatic rings. The number of fused-ring (bicyclic) bond motifs is 3. The fourth-order valence-corrected chi connectivity index (χ4v) is 3.34. The van der Waals surface area contributed by atoms with Gasteiger partial charge < -0.3 is 10.1 Å². The van der Waals surface area contributed by atoms with Gasteiger partial charge in [-0.25, -0.2) is 9.97 Å². The average molecular weight is 405 g/mol. The maximum Gasteiger partial charge on any atom is 0.277 e. The molecule has 5 nitrogen and oxygen atoms in total. The summed E-state index contributed by atoms with van der Waals surface area (Å²) in [4.78, 5) is 21.0. The summed E-state index contributed by atoms with van der Waals surface area (Å²) < 4.78 is 4.23. The third-order valence-corrected chi connectivity index (χ3v) is 4.77. The van der Waals surface area contributed by atoms with Crippen molar-refractivity contribution in [2.45, 2.75) is 17.3 Å². The Balaban J connectivity index is 2.15. The number of hydrogen-bond acceptors (Lipinski definition) is 5. The van der Waals surface area contributed by atoms with E-state index in [0.717, 1.165) is 20.6 Å².